The molecule has 1 aliphatic heterocycles. The van der Waals surface area contributed by atoms with Crippen LogP contribution in [0.2, 0.25) is 0 Å². The smallest absolute Gasteiger partial charge is 0.305 e. The zero-order valence-electron chi connectivity index (χ0n) is 38.4. The number of aliphatic hydroxyl groups is 5. The highest BCUT2D eigenvalue weighted by Crippen LogP contribution is 2.23. The van der Waals surface area contributed by atoms with Gasteiger partial charge in [-0.2, -0.15) is 0 Å². The molecule has 0 radical (unpaired) electrons. The average molecular weight is 856 g/mol. The first-order valence-corrected chi connectivity index (χ1v) is 25.0. The SMILES string of the molecule is CCCCCCCCC/C=C/C(O)C(COC1OC(CO)C(O)C(O)C1O)NC(=O)CCCCCCCCCCCCCOC(=O)CCCCCCCCCCCCCC. The van der Waals surface area contributed by atoms with Gasteiger partial charge >= 0.3 is 5.97 Å². The summed E-state index contributed by atoms with van der Waals surface area (Å²) in [5, 5.41) is 54.0. The number of rotatable bonds is 42. The molecule has 0 aromatic heterocycles. The van der Waals surface area contributed by atoms with Crippen molar-refractivity contribution in [3.63, 3.8) is 0 Å². The summed E-state index contributed by atoms with van der Waals surface area (Å²) in [4.78, 5) is 25.0. The lowest BCUT2D eigenvalue weighted by molar-refractivity contribution is -0.302. The Hall–Kier alpha value is -1.60. The van der Waals surface area contributed by atoms with E-state index < -0.39 is 49.5 Å². The molecule has 0 saturated carbocycles. The Bertz CT molecular complexity index is 1010. The molecule has 1 aliphatic rings. The third-order valence-electron chi connectivity index (χ3n) is 11.9. The molecule has 1 amide bonds. The van der Waals surface area contributed by atoms with E-state index in [1.165, 1.54) is 128 Å². The number of carbonyl (C=O) groups is 2. The molecular formula is C49H93NO10. The number of hydrogen-bond acceptors (Lipinski definition) is 10. The van der Waals surface area contributed by atoms with Crippen LogP contribution in [0.1, 0.15) is 226 Å². The highest BCUT2D eigenvalue weighted by Gasteiger charge is 2.44. The molecular weight excluding hydrogens is 763 g/mol. The van der Waals surface area contributed by atoms with E-state index >= 15 is 0 Å². The highest BCUT2D eigenvalue weighted by molar-refractivity contribution is 5.76. The summed E-state index contributed by atoms with van der Waals surface area (Å²) in [5.41, 5.74) is 0. The fraction of sp³-hybridized carbons (Fsp3) is 0.918. The Kier molecular flexibility index (Phi) is 37.8. The third kappa shape index (κ3) is 30.4. The van der Waals surface area contributed by atoms with Crippen molar-refractivity contribution in [1.82, 2.24) is 5.32 Å². The van der Waals surface area contributed by atoms with Crippen LogP contribution >= 0.6 is 0 Å². The number of amides is 1. The summed E-state index contributed by atoms with van der Waals surface area (Å²) < 4.78 is 16.6. The molecule has 1 heterocycles. The van der Waals surface area contributed by atoms with Gasteiger partial charge in [0.1, 0.15) is 24.4 Å². The Labute approximate surface area is 366 Å². The first-order valence-electron chi connectivity index (χ1n) is 25.0. The summed E-state index contributed by atoms with van der Waals surface area (Å²) in [6.45, 7) is 4.24. The van der Waals surface area contributed by atoms with E-state index in [1.54, 1.807) is 6.08 Å². The summed E-state index contributed by atoms with van der Waals surface area (Å²) in [6.07, 6.45) is 32.9. The van der Waals surface area contributed by atoms with Crippen LogP contribution in [0, 0.1) is 0 Å². The Morgan fingerprint density at radius 2 is 1.05 bits per heavy atom. The number of nitrogens with one attached hydrogen (secondary N) is 1. The van der Waals surface area contributed by atoms with Crippen molar-refractivity contribution in [2.45, 2.75) is 269 Å². The van der Waals surface area contributed by atoms with E-state index in [-0.39, 0.29) is 18.5 Å². The summed E-state index contributed by atoms with van der Waals surface area (Å²) in [5.74, 6) is -0.242. The first kappa shape index (κ1) is 56.4. The van der Waals surface area contributed by atoms with Crippen LogP contribution < -0.4 is 5.32 Å². The Morgan fingerprint density at radius 1 is 0.600 bits per heavy atom. The van der Waals surface area contributed by atoms with Gasteiger partial charge in [-0.3, -0.25) is 9.59 Å². The van der Waals surface area contributed by atoms with Gasteiger partial charge in [-0.15, -0.1) is 0 Å². The third-order valence-corrected chi connectivity index (χ3v) is 11.9. The minimum absolute atomic E-state index is 0.0394. The van der Waals surface area contributed by atoms with Gasteiger partial charge in [0.25, 0.3) is 0 Å². The van der Waals surface area contributed by atoms with E-state index in [2.05, 4.69) is 19.2 Å². The molecule has 60 heavy (non-hydrogen) atoms. The predicted molar refractivity (Wildman–Crippen MR) is 241 cm³/mol. The van der Waals surface area contributed by atoms with Gasteiger partial charge in [0.15, 0.2) is 6.29 Å². The van der Waals surface area contributed by atoms with Gasteiger partial charge in [-0.1, -0.05) is 193 Å². The molecule has 1 rings (SSSR count). The molecule has 11 heteroatoms. The predicted octanol–water partition coefficient (Wildman–Crippen LogP) is 9.66. The molecule has 1 fully saturated rings. The molecule has 0 aromatic rings. The minimum Gasteiger partial charge on any atom is -0.466 e. The molecule has 1 saturated heterocycles. The van der Waals surface area contributed by atoms with Gasteiger partial charge in [-0.05, 0) is 32.1 Å². The normalized spacial score (nSPS) is 20.4. The molecule has 7 unspecified atom stereocenters. The van der Waals surface area contributed by atoms with Crippen molar-refractivity contribution in [1.29, 1.82) is 0 Å². The number of aliphatic hydroxyl groups excluding tert-OH is 5. The molecule has 354 valence electrons. The molecule has 11 nitrogen and oxygen atoms in total. The van der Waals surface area contributed by atoms with Crippen molar-refractivity contribution < 1.29 is 49.3 Å². The molecule has 6 N–H and O–H groups in total. The maximum absolute atomic E-state index is 12.9. The van der Waals surface area contributed by atoms with E-state index in [0.29, 0.717) is 19.4 Å². The van der Waals surface area contributed by atoms with Crippen LogP contribution in [0.15, 0.2) is 12.2 Å². The van der Waals surface area contributed by atoms with Gasteiger partial charge in [0.05, 0.1) is 32.0 Å². The van der Waals surface area contributed by atoms with Crippen LogP contribution in [0.25, 0.3) is 0 Å². The topological polar surface area (TPSA) is 175 Å². The van der Waals surface area contributed by atoms with Gasteiger partial charge in [0, 0.05) is 12.8 Å². The zero-order chi connectivity index (χ0) is 43.9. The van der Waals surface area contributed by atoms with Crippen molar-refractivity contribution in [3.8, 4) is 0 Å². The van der Waals surface area contributed by atoms with Gasteiger partial charge in [0.2, 0.25) is 5.91 Å². The maximum atomic E-state index is 12.9. The molecule has 0 aliphatic carbocycles. The summed E-state index contributed by atoms with van der Waals surface area (Å²) >= 11 is 0. The van der Waals surface area contributed by atoms with Crippen molar-refractivity contribution in [3.05, 3.63) is 12.2 Å². The van der Waals surface area contributed by atoms with Crippen molar-refractivity contribution in [2.75, 3.05) is 19.8 Å². The molecule has 0 bridgehead atoms. The highest BCUT2D eigenvalue weighted by atomic mass is 16.7. The van der Waals surface area contributed by atoms with E-state index in [4.69, 9.17) is 14.2 Å². The summed E-state index contributed by atoms with van der Waals surface area (Å²) in [7, 11) is 0. The van der Waals surface area contributed by atoms with E-state index in [0.717, 1.165) is 70.6 Å². The van der Waals surface area contributed by atoms with Crippen LogP contribution in [-0.2, 0) is 23.8 Å². The molecule has 0 aromatic carbocycles. The lowest BCUT2D eigenvalue weighted by atomic mass is 9.99. The zero-order valence-corrected chi connectivity index (χ0v) is 38.4. The van der Waals surface area contributed by atoms with Crippen LogP contribution in [-0.4, -0.2) is 100 Å². The Balaban J connectivity index is 2.16. The quantitative estimate of drug-likeness (QED) is 0.0197. The lowest BCUT2D eigenvalue weighted by Gasteiger charge is -2.40. The van der Waals surface area contributed by atoms with Gasteiger partial charge in [-0.25, -0.2) is 0 Å². The Morgan fingerprint density at radius 3 is 1.55 bits per heavy atom. The molecule has 7 atom stereocenters. The monoisotopic (exact) mass is 856 g/mol. The number of allylic oxidation sites excluding steroid dienone is 1. The fourth-order valence-corrected chi connectivity index (χ4v) is 7.84. The largest absolute Gasteiger partial charge is 0.466 e. The van der Waals surface area contributed by atoms with Crippen LogP contribution in [0.3, 0.4) is 0 Å². The second kappa shape index (κ2) is 40.2. The van der Waals surface area contributed by atoms with E-state index in [9.17, 15) is 35.1 Å². The first-order chi connectivity index (χ1) is 29.2. The number of unbranched alkanes of at least 4 members (excludes halogenated alkanes) is 28. The van der Waals surface area contributed by atoms with Crippen LogP contribution in [0.4, 0.5) is 0 Å². The minimum atomic E-state index is -1.58. The average Bonchev–Trinajstić information content (AvgIpc) is 3.24. The van der Waals surface area contributed by atoms with Gasteiger partial charge < -0.3 is 45.1 Å². The fourth-order valence-electron chi connectivity index (χ4n) is 7.84. The van der Waals surface area contributed by atoms with Crippen molar-refractivity contribution in [2.24, 2.45) is 0 Å². The number of esters is 1. The number of carbonyl (C=O) groups excluding carboxylic acids is 2. The number of hydrogen-bond donors (Lipinski definition) is 6. The van der Waals surface area contributed by atoms with E-state index in [1.807, 2.05) is 6.08 Å². The maximum Gasteiger partial charge on any atom is 0.305 e. The second-order valence-electron chi connectivity index (χ2n) is 17.5. The van der Waals surface area contributed by atoms with Crippen LogP contribution in [0.5, 0.6) is 0 Å². The summed E-state index contributed by atoms with van der Waals surface area (Å²) in [6, 6.07) is -0.820. The number of ether oxygens (including phenoxy) is 3. The van der Waals surface area contributed by atoms with Crippen molar-refractivity contribution >= 4 is 11.9 Å². The standard InChI is InChI=1S/C49H93NO10/c1-3-5-7-9-11-13-14-17-21-25-29-33-37-45(54)58-38-34-30-26-22-18-15-16-20-24-28-32-36-44(53)50-41(42(52)35-31-27-23-19-12-10-8-6-4-2)40-59-49-48(57)47(56)46(55)43(39-51)60-49/h31,35,41-43,46-49,51-52,55-57H,3-30,32-34,36-40H2,1-2H3,(H,50,53)/b35-31+. The lowest BCUT2D eigenvalue weighted by Crippen LogP contribution is -2.60. The molecule has 0 spiro atoms. The second-order valence-corrected chi connectivity index (χ2v) is 17.5.